The number of ether oxygens (including phenoxy) is 2. The number of rotatable bonds is 5. The predicted molar refractivity (Wildman–Crippen MR) is 64.7 cm³/mol. The molecule has 0 radical (unpaired) electrons. The van der Waals surface area contributed by atoms with Crippen LogP contribution in [0.15, 0.2) is 22.7 Å². The van der Waals surface area contributed by atoms with Crippen LogP contribution in [0.4, 0.5) is 0 Å². The van der Waals surface area contributed by atoms with Crippen LogP contribution in [-0.2, 0) is 0 Å². The van der Waals surface area contributed by atoms with E-state index >= 15 is 0 Å². The van der Waals surface area contributed by atoms with Gasteiger partial charge in [0.05, 0.1) is 11.6 Å². The maximum atomic E-state index is 5.57. The van der Waals surface area contributed by atoms with Crippen LogP contribution in [0.2, 0.25) is 0 Å². The molecule has 0 amide bonds. The second-order valence-corrected chi connectivity index (χ2v) is 4.30. The molecule has 0 fully saturated rings. The molecule has 4 heteroatoms. The molecule has 0 aliphatic carbocycles. The number of hydrogen-bond donors (Lipinski definition) is 0. The Kier molecular flexibility index (Phi) is 4.91. The molecule has 0 N–H and O–H groups in total. The zero-order valence-corrected chi connectivity index (χ0v) is 10.9. The molecule has 3 nitrogen and oxygen atoms in total. The zero-order chi connectivity index (χ0) is 11.3. The van der Waals surface area contributed by atoms with Gasteiger partial charge in [-0.2, -0.15) is 0 Å². The number of nitrogens with zero attached hydrogens (tertiary/aromatic N) is 1. The van der Waals surface area contributed by atoms with Crippen molar-refractivity contribution in [2.24, 2.45) is 0 Å². The summed E-state index contributed by atoms with van der Waals surface area (Å²) in [5.41, 5.74) is 0. The molecule has 0 saturated carbocycles. The number of methoxy groups -OCH3 is 1. The number of benzene rings is 1. The SMILES string of the molecule is COc1ccc(OCCN(C)C)cc1Br. The van der Waals surface area contributed by atoms with Crippen molar-refractivity contribution in [3.05, 3.63) is 22.7 Å². The zero-order valence-electron chi connectivity index (χ0n) is 9.29. The summed E-state index contributed by atoms with van der Waals surface area (Å²) in [6.45, 7) is 1.59. The molecular formula is C11H16BrNO2. The van der Waals surface area contributed by atoms with E-state index in [4.69, 9.17) is 9.47 Å². The van der Waals surface area contributed by atoms with E-state index in [2.05, 4.69) is 20.8 Å². The van der Waals surface area contributed by atoms with Gasteiger partial charge < -0.3 is 14.4 Å². The quantitative estimate of drug-likeness (QED) is 0.823. The molecule has 15 heavy (non-hydrogen) atoms. The third kappa shape index (κ3) is 4.10. The minimum absolute atomic E-state index is 0.686. The lowest BCUT2D eigenvalue weighted by molar-refractivity contribution is 0.261. The van der Waals surface area contributed by atoms with E-state index in [1.165, 1.54) is 0 Å². The highest BCUT2D eigenvalue weighted by molar-refractivity contribution is 9.10. The van der Waals surface area contributed by atoms with Crippen LogP contribution in [0.3, 0.4) is 0 Å². The number of hydrogen-bond acceptors (Lipinski definition) is 3. The van der Waals surface area contributed by atoms with Gasteiger partial charge in [-0.25, -0.2) is 0 Å². The van der Waals surface area contributed by atoms with E-state index in [-0.39, 0.29) is 0 Å². The van der Waals surface area contributed by atoms with Crippen molar-refractivity contribution in [1.29, 1.82) is 0 Å². The van der Waals surface area contributed by atoms with Crippen LogP contribution in [0.5, 0.6) is 11.5 Å². The van der Waals surface area contributed by atoms with Crippen molar-refractivity contribution < 1.29 is 9.47 Å². The number of likely N-dealkylation sites (N-methyl/N-ethyl adjacent to an activating group) is 1. The van der Waals surface area contributed by atoms with Crippen LogP contribution < -0.4 is 9.47 Å². The standard InChI is InChI=1S/C11H16BrNO2/c1-13(2)6-7-15-9-4-5-11(14-3)10(12)8-9/h4-5,8H,6-7H2,1-3H3. The second-order valence-electron chi connectivity index (χ2n) is 3.45. The molecule has 1 aromatic rings. The fourth-order valence-corrected chi connectivity index (χ4v) is 1.60. The van der Waals surface area contributed by atoms with Gasteiger partial charge in [-0.15, -0.1) is 0 Å². The van der Waals surface area contributed by atoms with E-state index in [1.807, 2.05) is 32.3 Å². The van der Waals surface area contributed by atoms with Crippen molar-refractivity contribution in [1.82, 2.24) is 4.90 Å². The van der Waals surface area contributed by atoms with Gasteiger partial charge in [0.1, 0.15) is 18.1 Å². The molecule has 1 rings (SSSR count). The van der Waals surface area contributed by atoms with Crippen LogP contribution >= 0.6 is 15.9 Å². The molecule has 1 aromatic carbocycles. The first-order chi connectivity index (χ1) is 7.13. The molecule has 0 atom stereocenters. The molecule has 0 aliphatic rings. The summed E-state index contributed by atoms with van der Waals surface area (Å²) in [6.07, 6.45) is 0. The van der Waals surface area contributed by atoms with Crippen LogP contribution in [0, 0.1) is 0 Å². The van der Waals surface area contributed by atoms with E-state index in [0.717, 1.165) is 22.5 Å². The van der Waals surface area contributed by atoms with E-state index in [1.54, 1.807) is 7.11 Å². The summed E-state index contributed by atoms with van der Waals surface area (Å²) in [5, 5.41) is 0. The molecule has 0 heterocycles. The van der Waals surface area contributed by atoms with Gasteiger partial charge in [0.2, 0.25) is 0 Å². The van der Waals surface area contributed by atoms with Crippen molar-refractivity contribution in [2.45, 2.75) is 0 Å². The first-order valence-electron chi connectivity index (χ1n) is 4.74. The van der Waals surface area contributed by atoms with Crippen molar-refractivity contribution >= 4 is 15.9 Å². The lowest BCUT2D eigenvalue weighted by atomic mass is 10.3. The largest absolute Gasteiger partial charge is 0.496 e. The highest BCUT2D eigenvalue weighted by Gasteiger charge is 2.01. The van der Waals surface area contributed by atoms with Crippen molar-refractivity contribution in [2.75, 3.05) is 34.4 Å². The van der Waals surface area contributed by atoms with Gasteiger partial charge in [-0.3, -0.25) is 0 Å². The summed E-state index contributed by atoms with van der Waals surface area (Å²) < 4.78 is 11.6. The van der Waals surface area contributed by atoms with E-state index in [0.29, 0.717) is 6.61 Å². The summed E-state index contributed by atoms with van der Waals surface area (Å²) in [7, 11) is 5.69. The Hall–Kier alpha value is -0.740. The Labute approximate surface area is 99.1 Å². The normalized spacial score (nSPS) is 10.5. The fourth-order valence-electron chi connectivity index (χ4n) is 1.08. The Morgan fingerprint density at radius 2 is 2.07 bits per heavy atom. The van der Waals surface area contributed by atoms with Gasteiger partial charge in [-0.1, -0.05) is 0 Å². The van der Waals surface area contributed by atoms with Gasteiger partial charge >= 0.3 is 0 Å². The first kappa shape index (κ1) is 12.3. The molecule has 0 bridgehead atoms. The third-order valence-corrected chi connectivity index (χ3v) is 2.55. The lowest BCUT2D eigenvalue weighted by Gasteiger charge is -2.11. The Bertz CT molecular complexity index is 315. The second kappa shape index (κ2) is 5.98. The monoisotopic (exact) mass is 273 g/mol. The molecule has 0 aliphatic heterocycles. The van der Waals surface area contributed by atoms with E-state index < -0.39 is 0 Å². The highest BCUT2D eigenvalue weighted by Crippen LogP contribution is 2.28. The molecule has 0 aromatic heterocycles. The topological polar surface area (TPSA) is 21.7 Å². The summed E-state index contributed by atoms with van der Waals surface area (Å²) in [5.74, 6) is 1.67. The maximum Gasteiger partial charge on any atom is 0.133 e. The fraction of sp³-hybridized carbons (Fsp3) is 0.455. The third-order valence-electron chi connectivity index (χ3n) is 1.93. The molecule has 0 unspecified atom stereocenters. The van der Waals surface area contributed by atoms with Crippen LogP contribution in [-0.4, -0.2) is 39.3 Å². The van der Waals surface area contributed by atoms with Crippen molar-refractivity contribution in [3.63, 3.8) is 0 Å². The van der Waals surface area contributed by atoms with Gasteiger partial charge in [0.25, 0.3) is 0 Å². The Morgan fingerprint density at radius 3 is 2.60 bits per heavy atom. The molecule has 0 saturated heterocycles. The maximum absolute atomic E-state index is 5.57. The average Bonchev–Trinajstić information content (AvgIpc) is 2.17. The van der Waals surface area contributed by atoms with Crippen molar-refractivity contribution in [3.8, 4) is 11.5 Å². The Balaban J connectivity index is 2.52. The predicted octanol–water partition coefficient (Wildman–Crippen LogP) is 2.40. The lowest BCUT2D eigenvalue weighted by Crippen LogP contribution is -2.19. The van der Waals surface area contributed by atoms with Crippen LogP contribution in [0.25, 0.3) is 0 Å². The van der Waals surface area contributed by atoms with Crippen LogP contribution in [0.1, 0.15) is 0 Å². The minimum Gasteiger partial charge on any atom is -0.496 e. The smallest absolute Gasteiger partial charge is 0.133 e. The van der Waals surface area contributed by atoms with E-state index in [9.17, 15) is 0 Å². The summed E-state index contributed by atoms with van der Waals surface area (Å²) in [6, 6.07) is 5.70. The molecular weight excluding hydrogens is 258 g/mol. The highest BCUT2D eigenvalue weighted by atomic mass is 79.9. The summed E-state index contributed by atoms with van der Waals surface area (Å²) in [4.78, 5) is 2.08. The molecule has 84 valence electrons. The van der Waals surface area contributed by atoms with Gasteiger partial charge in [0, 0.05) is 6.54 Å². The molecule has 0 spiro atoms. The minimum atomic E-state index is 0.686. The Morgan fingerprint density at radius 1 is 1.33 bits per heavy atom. The van der Waals surface area contributed by atoms with Gasteiger partial charge in [-0.05, 0) is 48.2 Å². The van der Waals surface area contributed by atoms with Gasteiger partial charge in [0.15, 0.2) is 0 Å². The summed E-state index contributed by atoms with van der Waals surface area (Å²) >= 11 is 3.41. The number of halogens is 1. The average molecular weight is 274 g/mol. The first-order valence-corrected chi connectivity index (χ1v) is 5.54.